The highest BCUT2D eigenvalue weighted by Crippen LogP contribution is 2.46. The first-order valence-corrected chi connectivity index (χ1v) is 7.19. The molecular weight excluding hydrogens is 264 g/mol. The molecule has 4 heteroatoms. The second-order valence-electron chi connectivity index (χ2n) is 4.96. The Balaban J connectivity index is 2.39. The zero-order valence-electron chi connectivity index (χ0n) is 11.5. The van der Waals surface area contributed by atoms with Crippen LogP contribution in [0.4, 0.5) is 0 Å². The van der Waals surface area contributed by atoms with Crippen molar-refractivity contribution in [3.8, 4) is 0 Å². The fourth-order valence-corrected chi connectivity index (χ4v) is 2.97. The van der Waals surface area contributed by atoms with Gasteiger partial charge in [0.1, 0.15) is 5.60 Å². The first-order valence-electron chi connectivity index (χ1n) is 6.81. The normalized spacial score (nSPS) is 25.7. The van der Waals surface area contributed by atoms with Gasteiger partial charge in [0.15, 0.2) is 5.79 Å². The second-order valence-corrected chi connectivity index (χ2v) is 5.36. The van der Waals surface area contributed by atoms with Crippen LogP contribution in [0, 0.1) is 0 Å². The third kappa shape index (κ3) is 2.65. The van der Waals surface area contributed by atoms with Crippen LogP contribution in [0.1, 0.15) is 38.7 Å². The van der Waals surface area contributed by atoms with Crippen LogP contribution >= 0.6 is 11.6 Å². The monoisotopic (exact) mass is 284 g/mol. The quantitative estimate of drug-likeness (QED) is 0.900. The minimum atomic E-state index is -0.640. The summed E-state index contributed by atoms with van der Waals surface area (Å²) < 4.78 is 12.2. The number of benzene rings is 1. The lowest BCUT2D eigenvalue weighted by Gasteiger charge is -2.32. The molecular formula is C15H21ClO3. The summed E-state index contributed by atoms with van der Waals surface area (Å²) in [5, 5.41) is 10.0. The number of hydrogen-bond donors (Lipinski definition) is 1. The molecule has 1 aliphatic rings. The van der Waals surface area contributed by atoms with Gasteiger partial charge in [-0.15, -0.1) is 0 Å². The highest BCUT2D eigenvalue weighted by molar-refractivity contribution is 6.31. The molecule has 1 saturated heterocycles. The Bertz CT molecular complexity index is 431. The largest absolute Gasteiger partial charge is 0.396 e. The number of aliphatic hydroxyl groups is 1. The van der Waals surface area contributed by atoms with E-state index in [0.717, 1.165) is 18.4 Å². The molecule has 0 spiro atoms. The van der Waals surface area contributed by atoms with Gasteiger partial charge in [-0.25, -0.2) is 0 Å². The maximum atomic E-state index is 9.38. The van der Waals surface area contributed by atoms with E-state index in [1.54, 1.807) is 0 Å². The summed E-state index contributed by atoms with van der Waals surface area (Å²) in [5.74, 6) is -0.561. The molecule has 0 amide bonds. The van der Waals surface area contributed by atoms with E-state index in [1.165, 1.54) is 0 Å². The van der Waals surface area contributed by atoms with Crippen LogP contribution in [0.3, 0.4) is 0 Å². The highest BCUT2D eigenvalue weighted by Gasteiger charge is 2.50. The van der Waals surface area contributed by atoms with Crippen LogP contribution in [0.2, 0.25) is 5.02 Å². The van der Waals surface area contributed by atoms with Crippen molar-refractivity contribution >= 4 is 11.6 Å². The SMILES string of the molecule is CCC1(CC)OCC(CCO)(c2ccccc2Cl)O1. The van der Waals surface area contributed by atoms with Gasteiger partial charge in [0.2, 0.25) is 0 Å². The fraction of sp³-hybridized carbons (Fsp3) is 0.600. The number of halogens is 1. The molecule has 0 aromatic heterocycles. The highest BCUT2D eigenvalue weighted by atomic mass is 35.5. The lowest BCUT2D eigenvalue weighted by atomic mass is 9.91. The van der Waals surface area contributed by atoms with Gasteiger partial charge < -0.3 is 14.6 Å². The Labute approximate surface area is 119 Å². The predicted molar refractivity (Wildman–Crippen MR) is 75.2 cm³/mol. The molecule has 1 unspecified atom stereocenters. The number of hydrogen-bond acceptors (Lipinski definition) is 3. The molecule has 1 aliphatic heterocycles. The fourth-order valence-electron chi connectivity index (χ4n) is 2.66. The Morgan fingerprint density at radius 3 is 2.47 bits per heavy atom. The van der Waals surface area contributed by atoms with Crippen LogP contribution in [0.25, 0.3) is 0 Å². The van der Waals surface area contributed by atoms with Crippen LogP contribution in [-0.2, 0) is 15.1 Å². The zero-order chi connectivity index (χ0) is 13.9. The van der Waals surface area contributed by atoms with E-state index in [1.807, 2.05) is 38.1 Å². The van der Waals surface area contributed by atoms with Gasteiger partial charge in [0.05, 0.1) is 6.61 Å². The smallest absolute Gasteiger partial charge is 0.169 e. The van der Waals surface area contributed by atoms with Gasteiger partial charge in [-0.05, 0) is 18.9 Å². The van der Waals surface area contributed by atoms with Crippen molar-refractivity contribution < 1.29 is 14.6 Å². The lowest BCUT2D eigenvalue weighted by Crippen LogP contribution is -2.35. The molecule has 0 aliphatic carbocycles. The molecule has 1 N–H and O–H groups in total. The summed E-state index contributed by atoms with van der Waals surface area (Å²) in [6.07, 6.45) is 2.04. The Morgan fingerprint density at radius 2 is 1.95 bits per heavy atom. The van der Waals surface area contributed by atoms with Crippen LogP contribution in [0.15, 0.2) is 24.3 Å². The van der Waals surface area contributed by atoms with E-state index in [0.29, 0.717) is 18.1 Å². The van der Waals surface area contributed by atoms with E-state index < -0.39 is 11.4 Å². The van der Waals surface area contributed by atoms with Gasteiger partial charge in [-0.2, -0.15) is 0 Å². The van der Waals surface area contributed by atoms with Crippen molar-refractivity contribution in [3.05, 3.63) is 34.9 Å². The van der Waals surface area contributed by atoms with Crippen molar-refractivity contribution in [1.29, 1.82) is 0 Å². The third-order valence-electron chi connectivity index (χ3n) is 3.91. The number of aliphatic hydroxyl groups excluding tert-OH is 1. The molecule has 1 atom stereocenters. The van der Waals surface area contributed by atoms with Crippen molar-refractivity contribution in [2.24, 2.45) is 0 Å². The van der Waals surface area contributed by atoms with Crippen LogP contribution < -0.4 is 0 Å². The van der Waals surface area contributed by atoms with E-state index in [-0.39, 0.29) is 6.61 Å². The average molecular weight is 285 g/mol. The van der Waals surface area contributed by atoms with Gasteiger partial charge in [-0.3, -0.25) is 0 Å². The topological polar surface area (TPSA) is 38.7 Å². The lowest BCUT2D eigenvalue weighted by molar-refractivity contribution is -0.195. The van der Waals surface area contributed by atoms with Crippen molar-refractivity contribution in [3.63, 3.8) is 0 Å². The maximum absolute atomic E-state index is 9.38. The molecule has 0 saturated carbocycles. The van der Waals surface area contributed by atoms with E-state index in [4.69, 9.17) is 21.1 Å². The molecule has 1 heterocycles. The summed E-state index contributed by atoms with van der Waals surface area (Å²) in [6, 6.07) is 7.61. The number of ether oxygens (including phenoxy) is 2. The maximum Gasteiger partial charge on any atom is 0.169 e. The summed E-state index contributed by atoms with van der Waals surface area (Å²) in [5.41, 5.74) is 0.258. The summed E-state index contributed by atoms with van der Waals surface area (Å²) >= 11 is 6.29. The van der Waals surface area contributed by atoms with Gasteiger partial charge in [0, 0.05) is 23.6 Å². The van der Waals surface area contributed by atoms with Crippen LogP contribution in [-0.4, -0.2) is 24.1 Å². The third-order valence-corrected chi connectivity index (χ3v) is 4.24. The van der Waals surface area contributed by atoms with Gasteiger partial charge >= 0.3 is 0 Å². The number of rotatable bonds is 5. The molecule has 2 rings (SSSR count). The zero-order valence-corrected chi connectivity index (χ0v) is 12.2. The molecule has 1 aromatic rings. The van der Waals surface area contributed by atoms with E-state index in [2.05, 4.69) is 0 Å². The van der Waals surface area contributed by atoms with Crippen molar-refractivity contribution in [2.75, 3.05) is 13.2 Å². The first-order chi connectivity index (χ1) is 9.11. The summed E-state index contributed by atoms with van der Waals surface area (Å²) in [6.45, 7) is 4.56. The van der Waals surface area contributed by atoms with E-state index in [9.17, 15) is 5.11 Å². The van der Waals surface area contributed by atoms with Gasteiger partial charge in [-0.1, -0.05) is 43.6 Å². The summed E-state index contributed by atoms with van der Waals surface area (Å²) in [7, 11) is 0. The molecule has 19 heavy (non-hydrogen) atoms. The predicted octanol–water partition coefficient (Wildman–Crippen LogP) is 3.48. The molecule has 106 valence electrons. The Hall–Kier alpha value is -0.610. The van der Waals surface area contributed by atoms with Crippen LogP contribution in [0.5, 0.6) is 0 Å². The molecule has 0 bridgehead atoms. The Morgan fingerprint density at radius 1 is 1.26 bits per heavy atom. The molecule has 0 radical (unpaired) electrons. The summed E-state index contributed by atoms with van der Waals surface area (Å²) in [4.78, 5) is 0. The van der Waals surface area contributed by atoms with E-state index >= 15 is 0 Å². The minimum Gasteiger partial charge on any atom is -0.396 e. The minimum absolute atomic E-state index is 0.0398. The van der Waals surface area contributed by atoms with Crippen molar-refractivity contribution in [2.45, 2.75) is 44.5 Å². The van der Waals surface area contributed by atoms with Crippen molar-refractivity contribution in [1.82, 2.24) is 0 Å². The van der Waals surface area contributed by atoms with Gasteiger partial charge in [0.25, 0.3) is 0 Å². The molecule has 1 aromatic carbocycles. The Kier molecular flexibility index (Phi) is 4.51. The molecule has 1 fully saturated rings. The standard InChI is InChI=1S/C15H21ClO3/c1-3-15(4-2)18-11-14(19-15,9-10-17)12-7-5-6-8-13(12)16/h5-8,17H,3-4,9-11H2,1-2H3. The molecule has 3 nitrogen and oxygen atoms in total. The first kappa shape index (κ1) is 14.8. The second kappa shape index (κ2) is 5.80. The average Bonchev–Trinajstić information content (AvgIpc) is 2.81.